The first-order valence-corrected chi connectivity index (χ1v) is 10.8. The first kappa shape index (κ1) is 18.5. The van der Waals surface area contributed by atoms with Gasteiger partial charge in [-0.2, -0.15) is 4.98 Å². The fraction of sp³-hybridized carbons (Fsp3) is 0.429. The smallest absolute Gasteiger partial charge is 0.250 e. The van der Waals surface area contributed by atoms with Crippen LogP contribution in [0.1, 0.15) is 13.3 Å². The molecule has 0 saturated carbocycles. The highest BCUT2D eigenvalue weighted by molar-refractivity contribution is 9.10. The van der Waals surface area contributed by atoms with Gasteiger partial charge in [-0.05, 0) is 41.3 Å². The number of nitrogens with one attached hydrogen (secondary N) is 3. The van der Waals surface area contributed by atoms with Crippen LogP contribution in [-0.4, -0.2) is 42.7 Å². The lowest BCUT2D eigenvalue weighted by atomic mass is 10.0. The zero-order valence-corrected chi connectivity index (χ0v) is 16.6. The SMILES string of the molecule is CC(O)C1CCNc2nc(ncc2Br)Nc2csc(c2)S(=O)(=O)NC1. The molecule has 3 rings (SSSR count). The lowest BCUT2D eigenvalue weighted by molar-refractivity contribution is 0.124. The molecule has 0 amide bonds. The highest BCUT2D eigenvalue weighted by Gasteiger charge is 2.22. The van der Waals surface area contributed by atoms with Crippen LogP contribution in [0.4, 0.5) is 17.5 Å². The summed E-state index contributed by atoms with van der Waals surface area (Å²) in [6.07, 6.45) is 1.57. The number of halogens is 1. The minimum atomic E-state index is -3.62. The number of nitrogens with zero attached hydrogens (tertiary/aromatic N) is 2. The number of rotatable bonds is 1. The Bertz CT molecular complexity index is 856. The van der Waals surface area contributed by atoms with Crippen LogP contribution in [0.25, 0.3) is 0 Å². The van der Waals surface area contributed by atoms with Gasteiger partial charge in [0, 0.05) is 24.7 Å². The third-order valence-corrected chi connectivity index (χ3v) is 7.31. The Morgan fingerprint density at radius 1 is 1.48 bits per heavy atom. The first-order valence-electron chi connectivity index (χ1n) is 7.65. The molecular weight excluding hydrogens is 430 g/mol. The van der Waals surface area contributed by atoms with E-state index in [9.17, 15) is 13.5 Å². The summed E-state index contributed by atoms with van der Waals surface area (Å²) >= 11 is 4.52. The number of aliphatic hydroxyl groups is 1. The molecule has 1 aliphatic rings. The van der Waals surface area contributed by atoms with E-state index in [1.54, 1.807) is 18.5 Å². The summed E-state index contributed by atoms with van der Waals surface area (Å²) in [6.45, 7) is 2.36. The zero-order valence-electron chi connectivity index (χ0n) is 13.4. The van der Waals surface area contributed by atoms with E-state index in [0.717, 1.165) is 15.8 Å². The van der Waals surface area contributed by atoms with Crippen molar-refractivity contribution in [1.29, 1.82) is 0 Å². The largest absolute Gasteiger partial charge is 0.393 e. The van der Waals surface area contributed by atoms with Crippen molar-refractivity contribution in [3.05, 3.63) is 22.1 Å². The van der Waals surface area contributed by atoms with Gasteiger partial charge in [0.05, 0.1) is 16.3 Å². The molecule has 0 aromatic carbocycles. The van der Waals surface area contributed by atoms with Gasteiger partial charge in [0.15, 0.2) is 0 Å². The van der Waals surface area contributed by atoms with Crippen molar-refractivity contribution in [1.82, 2.24) is 14.7 Å². The Hall–Kier alpha value is -1.27. The van der Waals surface area contributed by atoms with Crippen molar-refractivity contribution < 1.29 is 13.5 Å². The second kappa shape index (κ2) is 7.54. The predicted octanol–water partition coefficient (Wildman–Crippen LogP) is 2.14. The van der Waals surface area contributed by atoms with Gasteiger partial charge in [0.25, 0.3) is 0 Å². The number of aliphatic hydroxyl groups excluding tert-OH is 1. The Labute approximate surface area is 158 Å². The maximum atomic E-state index is 12.4. The average molecular weight is 448 g/mol. The van der Waals surface area contributed by atoms with Gasteiger partial charge in [0.2, 0.25) is 16.0 Å². The Kier molecular flexibility index (Phi) is 5.58. The third-order valence-electron chi connectivity index (χ3n) is 3.87. The van der Waals surface area contributed by atoms with Gasteiger partial charge in [0.1, 0.15) is 10.0 Å². The van der Waals surface area contributed by atoms with Gasteiger partial charge in [-0.25, -0.2) is 18.1 Å². The van der Waals surface area contributed by atoms with Crippen LogP contribution in [-0.2, 0) is 10.0 Å². The summed E-state index contributed by atoms with van der Waals surface area (Å²) in [7, 11) is -3.62. The van der Waals surface area contributed by atoms with Crippen molar-refractivity contribution in [3.63, 3.8) is 0 Å². The van der Waals surface area contributed by atoms with Crippen LogP contribution < -0.4 is 15.4 Å². The van der Waals surface area contributed by atoms with Crippen molar-refractivity contribution in [2.75, 3.05) is 23.7 Å². The van der Waals surface area contributed by atoms with Gasteiger partial charge < -0.3 is 15.7 Å². The molecule has 0 fully saturated rings. The normalized spacial score (nSPS) is 21.5. The van der Waals surface area contributed by atoms with E-state index in [1.165, 1.54) is 6.07 Å². The minimum absolute atomic E-state index is 0.165. The van der Waals surface area contributed by atoms with E-state index in [1.807, 2.05) is 0 Å². The molecular formula is C14H18BrN5O3S2. The van der Waals surface area contributed by atoms with Crippen LogP contribution in [0.2, 0.25) is 0 Å². The van der Waals surface area contributed by atoms with E-state index in [2.05, 4.69) is 41.3 Å². The second-order valence-corrected chi connectivity index (χ2v) is 9.50. The minimum Gasteiger partial charge on any atom is -0.393 e. The number of hydrogen-bond acceptors (Lipinski definition) is 8. The number of thiophene rings is 1. The Morgan fingerprint density at radius 2 is 2.28 bits per heavy atom. The molecule has 25 heavy (non-hydrogen) atoms. The van der Waals surface area contributed by atoms with E-state index < -0.39 is 16.1 Å². The second-order valence-electron chi connectivity index (χ2n) is 5.74. The number of aromatic nitrogens is 2. The van der Waals surface area contributed by atoms with Crippen molar-refractivity contribution in [2.24, 2.45) is 5.92 Å². The molecule has 0 saturated heterocycles. The highest BCUT2D eigenvalue weighted by atomic mass is 79.9. The van der Waals surface area contributed by atoms with Gasteiger partial charge in [-0.1, -0.05) is 0 Å². The molecule has 0 radical (unpaired) electrons. The van der Waals surface area contributed by atoms with Crippen LogP contribution in [0.5, 0.6) is 0 Å². The molecule has 8 nitrogen and oxygen atoms in total. The average Bonchev–Trinajstić information content (AvgIpc) is 3.01. The summed E-state index contributed by atoms with van der Waals surface area (Å²) in [6, 6.07) is 1.54. The number of fused-ring (bicyclic) bond motifs is 4. The fourth-order valence-electron chi connectivity index (χ4n) is 2.38. The molecule has 136 valence electrons. The lowest BCUT2D eigenvalue weighted by Crippen LogP contribution is -2.34. The van der Waals surface area contributed by atoms with E-state index >= 15 is 0 Å². The van der Waals surface area contributed by atoms with E-state index in [0.29, 0.717) is 30.4 Å². The molecule has 2 aromatic heterocycles. The maximum Gasteiger partial charge on any atom is 0.250 e. The molecule has 1 aliphatic heterocycles. The monoisotopic (exact) mass is 447 g/mol. The highest BCUT2D eigenvalue weighted by Crippen LogP contribution is 2.28. The summed E-state index contributed by atoms with van der Waals surface area (Å²) in [4.78, 5) is 8.58. The predicted molar refractivity (Wildman–Crippen MR) is 101 cm³/mol. The summed E-state index contributed by atoms with van der Waals surface area (Å²) in [5.41, 5.74) is 0.600. The molecule has 0 spiro atoms. The molecule has 2 unspecified atom stereocenters. The number of sulfonamides is 1. The molecule has 2 aromatic rings. The molecule has 11 heteroatoms. The van der Waals surface area contributed by atoms with Gasteiger partial charge >= 0.3 is 0 Å². The summed E-state index contributed by atoms with van der Waals surface area (Å²) in [5.74, 6) is 0.780. The summed E-state index contributed by atoms with van der Waals surface area (Å²) < 4.78 is 28.4. The van der Waals surface area contributed by atoms with Crippen LogP contribution in [0.3, 0.4) is 0 Å². The molecule has 2 atom stereocenters. The van der Waals surface area contributed by atoms with Crippen molar-refractivity contribution >= 4 is 54.7 Å². The van der Waals surface area contributed by atoms with E-state index in [4.69, 9.17) is 0 Å². The van der Waals surface area contributed by atoms with Crippen LogP contribution in [0, 0.1) is 5.92 Å². The van der Waals surface area contributed by atoms with Crippen molar-refractivity contribution in [3.8, 4) is 0 Å². The Morgan fingerprint density at radius 3 is 3.04 bits per heavy atom. The van der Waals surface area contributed by atoms with Crippen LogP contribution in [0.15, 0.2) is 26.3 Å². The zero-order chi connectivity index (χ0) is 18.0. The fourth-order valence-corrected chi connectivity index (χ4v) is 4.96. The molecule has 0 aliphatic carbocycles. The maximum absolute atomic E-state index is 12.4. The first-order chi connectivity index (χ1) is 11.8. The molecule has 3 heterocycles. The standard InChI is InChI=1S/C14H18BrN5O3S2/c1-8(21)9-2-3-16-13-11(15)6-17-14(20-13)19-10-4-12(24-7-10)25(22,23)18-5-9/h4,6-9,18,21H,2-3,5H2,1H3,(H2,16,17,19,20). The van der Waals surface area contributed by atoms with Crippen LogP contribution >= 0.6 is 27.3 Å². The van der Waals surface area contributed by atoms with Crippen molar-refractivity contribution in [2.45, 2.75) is 23.7 Å². The van der Waals surface area contributed by atoms with E-state index in [-0.39, 0.29) is 16.7 Å². The number of anilines is 3. The summed E-state index contributed by atoms with van der Waals surface area (Å²) in [5, 5.41) is 17.8. The number of hydrogen-bond donors (Lipinski definition) is 4. The quantitative estimate of drug-likeness (QED) is 0.528. The third kappa shape index (κ3) is 4.47. The van der Waals surface area contributed by atoms with Gasteiger partial charge in [-0.15, -0.1) is 11.3 Å². The van der Waals surface area contributed by atoms with Gasteiger partial charge in [-0.3, -0.25) is 0 Å². The lowest BCUT2D eigenvalue weighted by Gasteiger charge is -2.21. The Balaban J connectivity index is 1.96. The molecule has 4 N–H and O–H groups in total. The topological polar surface area (TPSA) is 116 Å². The molecule has 4 bridgehead atoms.